The van der Waals surface area contributed by atoms with Crippen LogP contribution in [0.5, 0.6) is 11.6 Å². The lowest BCUT2D eigenvalue weighted by atomic mass is 10.3. The second-order valence-corrected chi connectivity index (χ2v) is 9.04. The van der Waals surface area contributed by atoms with Gasteiger partial charge < -0.3 is 9.64 Å². The van der Waals surface area contributed by atoms with Gasteiger partial charge in [-0.1, -0.05) is 22.0 Å². The zero-order chi connectivity index (χ0) is 17.3. The monoisotopic (exact) mass is 430 g/mol. The van der Waals surface area contributed by atoms with Gasteiger partial charge in [-0.05, 0) is 24.3 Å². The van der Waals surface area contributed by atoms with Crippen LogP contribution < -0.4 is 9.64 Å². The summed E-state index contributed by atoms with van der Waals surface area (Å²) < 4.78 is 29.3. The maximum Gasteiger partial charge on any atom is 0.237 e. The van der Waals surface area contributed by atoms with Crippen molar-refractivity contribution in [1.82, 2.24) is 4.98 Å². The summed E-state index contributed by atoms with van der Waals surface area (Å²) in [6, 6.07) is 10.6. The van der Waals surface area contributed by atoms with Gasteiger partial charge in [-0.25, -0.2) is 13.4 Å². The molecule has 2 aromatic rings. The summed E-state index contributed by atoms with van der Waals surface area (Å²) in [4.78, 5) is 17.5. The van der Waals surface area contributed by atoms with E-state index in [1.165, 1.54) is 11.1 Å². The lowest BCUT2D eigenvalue weighted by Gasteiger charge is -2.16. The van der Waals surface area contributed by atoms with Crippen molar-refractivity contribution in [1.29, 1.82) is 0 Å². The lowest BCUT2D eigenvalue weighted by molar-refractivity contribution is -0.117. The van der Waals surface area contributed by atoms with E-state index in [0.29, 0.717) is 17.3 Å². The van der Waals surface area contributed by atoms with Gasteiger partial charge in [0.25, 0.3) is 0 Å². The highest BCUT2D eigenvalue weighted by Crippen LogP contribution is 2.28. The molecule has 6 nitrogen and oxygen atoms in total. The number of nitrogens with zero attached hydrogens (tertiary/aromatic N) is 2. The lowest BCUT2D eigenvalue weighted by Crippen LogP contribution is -2.26. The number of rotatable bonds is 4. The fourth-order valence-electron chi connectivity index (χ4n) is 2.36. The smallest absolute Gasteiger partial charge is 0.237 e. The summed E-state index contributed by atoms with van der Waals surface area (Å²) in [7, 11) is 1.57. The minimum Gasteiger partial charge on any atom is -0.439 e. The van der Waals surface area contributed by atoms with Crippen LogP contribution in [0.3, 0.4) is 0 Å². The fourth-order valence-corrected chi connectivity index (χ4v) is 3.76. The molecule has 1 aromatic heterocycles. The van der Waals surface area contributed by atoms with E-state index in [1.807, 2.05) is 12.1 Å². The summed E-state index contributed by atoms with van der Waals surface area (Å²) in [5.74, 6) is 0.687. The minimum absolute atomic E-state index is 0.0260. The molecule has 1 unspecified atom stereocenters. The first-order valence-corrected chi connectivity index (χ1v) is 10.1. The Bertz CT molecular complexity index is 873. The van der Waals surface area contributed by atoms with Gasteiger partial charge in [-0.3, -0.25) is 4.79 Å². The molecule has 24 heavy (non-hydrogen) atoms. The van der Waals surface area contributed by atoms with Gasteiger partial charge >= 0.3 is 0 Å². The number of benzene rings is 1. The molecule has 1 atom stereocenters. The van der Waals surface area contributed by atoms with Gasteiger partial charge in [0.15, 0.2) is 0 Å². The molecule has 1 aromatic carbocycles. The van der Waals surface area contributed by atoms with Crippen molar-refractivity contribution in [2.45, 2.75) is 11.7 Å². The van der Waals surface area contributed by atoms with Crippen LogP contribution in [-0.4, -0.2) is 31.1 Å². The van der Waals surface area contributed by atoms with Crippen molar-refractivity contribution in [3.63, 3.8) is 0 Å². The molecule has 9 heteroatoms. The van der Waals surface area contributed by atoms with Crippen LogP contribution in [0.25, 0.3) is 0 Å². The molecular weight excluding hydrogens is 420 g/mol. The minimum atomic E-state index is -3.77. The number of ether oxygens (including phenoxy) is 1. The largest absolute Gasteiger partial charge is 0.439 e. The highest BCUT2D eigenvalue weighted by atomic mass is 79.9. The Morgan fingerprint density at radius 1 is 1.29 bits per heavy atom. The Labute approximate surface area is 151 Å². The van der Waals surface area contributed by atoms with E-state index in [9.17, 15) is 13.2 Å². The molecule has 0 aliphatic carbocycles. The van der Waals surface area contributed by atoms with Crippen LogP contribution in [0.15, 0.2) is 47.1 Å². The van der Waals surface area contributed by atoms with Crippen molar-refractivity contribution < 1.29 is 17.9 Å². The zero-order valence-corrected chi connectivity index (χ0v) is 15.4. The number of aromatic nitrogens is 1. The number of anilines is 1. The van der Waals surface area contributed by atoms with Gasteiger partial charge in [0.2, 0.25) is 20.8 Å². The Hall–Kier alpha value is -1.64. The number of carbonyl (C=O) groups is 1. The standard InChI is InChI=1S/C15H12BrClN2O4S/c16-10-2-1-3-12(6-10)23-14-5-4-11(8-18-14)19-9-13(7-15(19)20)24(17,21)22/h1-6,8,13H,7,9H2. The van der Waals surface area contributed by atoms with E-state index in [1.54, 1.807) is 24.3 Å². The van der Waals surface area contributed by atoms with Crippen LogP contribution in [0.1, 0.15) is 6.42 Å². The Morgan fingerprint density at radius 3 is 2.67 bits per heavy atom. The van der Waals surface area contributed by atoms with Crippen LogP contribution in [0, 0.1) is 0 Å². The van der Waals surface area contributed by atoms with Gasteiger partial charge in [0.05, 0.1) is 11.9 Å². The first-order valence-electron chi connectivity index (χ1n) is 6.96. The number of carbonyl (C=O) groups excluding carboxylic acids is 1. The molecule has 0 N–H and O–H groups in total. The van der Waals surface area contributed by atoms with Crippen LogP contribution >= 0.6 is 26.6 Å². The predicted octanol–water partition coefficient (Wildman–Crippen LogP) is 3.31. The van der Waals surface area contributed by atoms with Crippen molar-refractivity contribution in [3.8, 4) is 11.6 Å². The van der Waals surface area contributed by atoms with Crippen LogP contribution in [0.4, 0.5) is 5.69 Å². The molecule has 0 radical (unpaired) electrons. The number of hydrogen-bond acceptors (Lipinski definition) is 5. The first kappa shape index (κ1) is 17.2. The van der Waals surface area contributed by atoms with Crippen molar-refractivity contribution >= 4 is 47.3 Å². The second kappa shape index (κ2) is 6.70. The van der Waals surface area contributed by atoms with Crippen LogP contribution in [0.2, 0.25) is 0 Å². The van der Waals surface area contributed by atoms with Crippen molar-refractivity contribution in [3.05, 3.63) is 47.1 Å². The average molecular weight is 432 g/mol. The normalized spacial score (nSPS) is 18.0. The topological polar surface area (TPSA) is 76.6 Å². The third kappa shape index (κ3) is 3.88. The summed E-state index contributed by atoms with van der Waals surface area (Å²) >= 11 is 3.36. The van der Waals surface area contributed by atoms with E-state index in [4.69, 9.17) is 15.4 Å². The van der Waals surface area contributed by atoms with E-state index in [-0.39, 0.29) is 18.9 Å². The zero-order valence-electron chi connectivity index (χ0n) is 12.2. The van der Waals surface area contributed by atoms with Crippen LogP contribution in [-0.2, 0) is 13.8 Å². The molecule has 1 aliphatic rings. The molecule has 2 heterocycles. The third-order valence-corrected chi connectivity index (χ3v) is 5.90. The maximum absolute atomic E-state index is 12.0. The average Bonchev–Trinajstić information content (AvgIpc) is 2.90. The van der Waals surface area contributed by atoms with Gasteiger partial charge in [0, 0.05) is 34.2 Å². The predicted molar refractivity (Wildman–Crippen MR) is 94.0 cm³/mol. The van der Waals surface area contributed by atoms with Crippen molar-refractivity contribution in [2.75, 3.05) is 11.4 Å². The molecule has 1 fully saturated rings. The number of hydrogen-bond donors (Lipinski definition) is 0. The third-order valence-electron chi connectivity index (χ3n) is 3.54. The van der Waals surface area contributed by atoms with E-state index >= 15 is 0 Å². The van der Waals surface area contributed by atoms with Crippen molar-refractivity contribution in [2.24, 2.45) is 0 Å². The summed E-state index contributed by atoms with van der Waals surface area (Å²) in [6.45, 7) is 0.0260. The summed E-state index contributed by atoms with van der Waals surface area (Å²) in [5.41, 5.74) is 0.504. The van der Waals surface area contributed by atoms with E-state index < -0.39 is 14.3 Å². The molecule has 126 valence electrons. The van der Waals surface area contributed by atoms with E-state index in [2.05, 4.69) is 20.9 Å². The second-order valence-electron chi connectivity index (χ2n) is 5.22. The molecule has 1 saturated heterocycles. The van der Waals surface area contributed by atoms with E-state index in [0.717, 1.165) is 4.47 Å². The summed E-state index contributed by atoms with van der Waals surface area (Å²) in [6.07, 6.45) is 1.34. The highest BCUT2D eigenvalue weighted by molar-refractivity contribution is 9.10. The Kier molecular flexibility index (Phi) is 4.80. The highest BCUT2D eigenvalue weighted by Gasteiger charge is 2.38. The molecule has 0 bridgehead atoms. The molecule has 3 rings (SSSR count). The molecule has 1 amide bonds. The van der Waals surface area contributed by atoms with Gasteiger partial charge in [-0.15, -0.1) is 0 Å². The number of halogens is 2. The fraction of sp³-hybridized carbons (Fsp3) is 0.200. The number of pyridine rings is 1. The maximum atomic E-state index is 12.0. The van der Waals surface area contributed by atoms with Gasteiger partial charge in [0.1, 0.15) is 11.0 Å². The molecule has 1 aliphatic heterocycles. The first-order chi connectivity index (χ1) is 11.3. The Balaban J connectivity index is 1.74. The molecular formula is C15H12BrClN2O4S. The quantitative estimate of drug-likeness (QED) is 0.694. The summed E-state index contributed by atoms with van der Waals surface area (Å²) in [5, 5.41) is -0.899. The molecule has 0 saturated carbocycles. The SMILES string of the molecule is O=C1CC(S(=O)(=O)Cl)CN1c1ccc(Oc2cccc(Br)c2)nc1. The number of amides is 1. The Morgan fingerprint density at radius 2 is 2.08 bits per heavy atom. The van der Waals surface area contributed by atoms with Gasteiger partial charge in [-0.2, -0.15) is 0 Å². The molecule has 0 spiro atoms.